The van der Waals surface area contributed by atoms with E-state index in [2.05, 4.69) is 0 Å². The van der Waals surface area contributed by atoms with Crippen LogP contribution in [-0.2, 0) is 11.3 Å². The van der Waals surface area contributed by atoms with Crippen LogP contribution < -0.4 is 5.73 Å². The number of aromatic carboxylic acids is 1. The molecule has 0 bridgehead atoms. The summed E-state index contributed by atoms with van der Waals surface area (Å²) in [5.41, 5.74) is 5.59. The number of nitrogens with zero attached hydrogens (tertiary/aromatic N) is 1. The molecule has 0 spiro atoms. The Bertz CT molecular complexity index is 499. The third kappa shape index (κ3) is 3.80. The van der Waals surface area contributed by atoms with E-state index < -0.39 is 17.9 Å². The minimum absolute atomic E-state index is 0.0537. The Morgan fingerprint density at radius 3 is 2.42 bits per heavy atom. The van der Waals surface area contributed by atoms with Gasteiger partial charge in [-0.1, -0.05) is 25.1 Å². The number of hydrogen-bond donors (Lipinski definition) is 2. The number of rotatable bonds is 5. The molecule has 0 aliphatic carbocycles. The summed E-state index contributed by atoms with van der Waals surface area (Å²) < 4.78 is 0. The van der Waals surface area contributed by atoms with Crippen molar-refractivity contribution in [2.24, 2.45) is 5.73 Å². The van der Waals surface area contributed by atoms with Gasteiger partial charge in [-0.05, 0) is 18.1 Å². The second kappa shape index (κ2) is 6.53. The summed E-state index contributed by atoms with van der Waals surface area (Å²) >= 11 is 0. The van der Waals surface area contributed by atoms with Gasteiger partial charge in [-0.3, -0.25) is 9.69 Å². The molecule has 0 aliphatic heterocycles. The molecule has 3 amide bonds. The Kier molecular flexibility index (Phi) is 5.05. The first-order valence-electron chi connectivity index (χ1n) is 5.88. The molecule has 0 heterocycles. The van der Waals surface area contributed by atoms with Gasteiger partial charge in [0.05, 0.1) is 12.1 Å². The first kappa shape index (κ1) is 14.7. The van der Waals surface area contributed by atoms with Gasteiger partial charge in [-0.25, -0.2) is 9.59 Å². The van der Waals surface area contributed by atoms with Gasteiger partial charge in [-0.2, -0.15) is 0 Å². The van der Waals surface area contributed by atoms with Crippen molar-refractivity contribution >= 4 is 17.9 Å². The van der Waals surface area contributed by atoms with Gasteiger partial charge >= 0.3 is 12.0 Å². The smallest absolute Gasteiger partial charge is 0.336 e. The molecule has 0 atom stereocenters. The van der Waals surface area contributed by atoms with Gasteiger partial charge in [0.25, 0.3) is 0 Å². The predicted molar refractivity (Wildman–Crippen MR) is 68.4 cm³/mol. The van der Waals surface area contributed by atoms with Gasteiger partial charge in [0.1, 0.15) is 0 Å². The molecule has 1 aromatic carbocycles. The fraction of sp³-hybridized carbons (Fsp3) is 0.308. The first-order chi connectivity index (χ1) is 8.97. The molecule has 6 nitrogen and oxygen atoms in total. The largest absolute Gasteiger partial charge is 0.478 e. The fourth-order valence-corrected chi connectivity index (χ4v) is 1.67. The van der Waals surface area contributed by atoms with Crippen molar-refractivity contribution in [3.05, 3.63) is 35.4 Å². The predicted octanol–water partition coefficient (Wildman–Crippen LogP) is 1.59. The van der Waals surface area contributed by atoms with E-state index in [4.69, 9.17) is 10.8 Å². The highest BCUT2D eigenvalue weighted by molar-refractivity contribution is 5.94. The first-order valence-corrected chi connectivity index (χ1v) is 5.88. The average Bonchev–Trinajstić information content (AvgIpc) is 2.36. The minimum atomic E-state index is -1.11. The van der Waals surface area contributed by atoms with Crippen LogP contribution in [0, 0.1) is 0 Å². The number of carbonyl (C=O) groups excluding carboxylic acids is 2. The monoisotopic (exact) mass is 264 g/mol. The number of hydrogen-bond acceptors (Lipinski definition) is 3. The molecule has 0 aromatic heterocycles. The van der Waals surface area contributed by atoms with Gasteiger partial charge < -0.3 is 10.8 Å². The maximum atomic E-state index is 11.7. The van der Waals surface area contributed by atoms with Crippen molar-refractivity contribution in [1.29, 1.82) is 0 Å². The van der Waals surface area contributed by atoms with E-state index >= 15 is 0 Å². The van der Waals surface area contributed by atoms with Crippen molar-refractivity contribution in [3.8, 4) is 0 Å². The van der Waals surface area contributed by atoms with Crippen LogP contribution in [0.25, 0.3) is 0 Å². The highest BCUT2D eigenvalue weighted by Gasteiger charge is 2.20. The van der Waals surface area contributed by atoms with Crippen LogP contribution in [0.4, 0.5) is 4.79 Å². The highest BCUT2D eigenvalue weighted by Crippen LogP contribution is 2.13. The van der Waals surface area contributed by atoms with Crippen LogP contribution in [0.2, 0.25) is 0 Å². The summed E-state index contributed by atoms with van der Waals surface area (Å²) in [4.78, 5) is 34.9. The van der Waals surface area contributed by atoms with E-state index in [1.54, 1.807) is 18.2 Å². The number of imide groups is 1. The Hall–Kier alpha value is -2.37. The Morgan fingerprint density at radius 1 is 1.26 bits per heavy atom. The number of urea groups is 1. The van der Waals surface area contributed by atoms with E-state index in [1.807, 2.05) is 6.92 Å². The van der Waals surface area contributed by atoms with Gasteiger partial charge in [0, 0.05) is 6.42 Å². The van der Waals surface area contributed by atoms with Crippen LogP contribution in [0.5, 0.6) is 0 Å². The molecule has 0 fully saturated rings. The molecule has 19 heavy (non-hydrogen) atoms. The lowest BCUT2D eigenvalue weighted by molar-refractivity contribution is -0.128. The molecular formula is C13H16N2O4. The zero-order valence-electron chi connectivity index (χ0n) is 10.6. The number of amides is 3. The summed E-state index contributed by atoms with van der Waals surface area (Å²) in [5, 5.41) is 9.04. The molecule has 1 aromatic rings. The lowest BCUT2D eigenvalue weighted by Gasteiger charge is -2.19. The summed E-state index contributed by atoms with van der Waals surface area (Å²) in [7, 11) is 0. The molecule has 6 heteroatoms. The molecule has 102 valence electrons. The quantitative estimate of drug-likeness (QED) is 0.843. The van der Waals surface area contributed by atoms with E-state index in [9.17, 15) is 14.4 Å². The normalized spacial score (nSPS) is 9.95. The van der Waals surface area contributed by atoms with Crippen LogP contribution in [0.15, 0.2) is 24.3 Å². The number of carbonyl (C=O) groups is 3. The van der Waals surface area contributed by atoms with Crippen molar-refractivity contribution < 1.29 is 19.5 Å². The molecular weight excluding hydrogens is 248 g/mol. The van der Waals surface area contributed by atoms with Crippen molar-refractivity contribution in [2.45, 2.75) is 26.3 Å². The Morgan fingerprint density at radius 2 is 1.89 bits per heavy atom. The molecule has 0 radical (unpaired) electrons. The minimum Gasteiger partial charge on any atom is -0.478 e. The maximum absolute atomic E-state index is 11.7. The third-order valence-corrected chi connectivity index (χ3v) is 2.61. The van der Waals surface area contributed by atoms with E-state index in [-0.39, 0.29) is 18.5 Å². The number of primary amides is 1. The average molecular weight is 264 g/mol. The summed E-state index contributed by atoms with van der Waals surface area (Å²) in [6.45, 7) is 1.68. The molecule has 3 N–H and O–H groups in total. The van der Waals surface area contributed by atoms with Crippen LogP contribution >= 0.6 is 0 Å². The third-order valence-electron chi connectivity index (χ3n) is 2.61. The Labute approximate surface area is 110 Å². The molecule has 1 rings (SSSR count). The highest BCUT2D eigenvalue weighted by atomic mass is 16.4. The fourth-order valence-electron chi connectivity index (χ4n) is 1.67. The van der Waals surface area contributed by atoms with Crippen LogP contribution in [-0.4, -0.2) is 27.9 Å². The molecule has 0 saturated heterocycles. The number of carboxylic acid groups (broad SMARTS) is 1. The standard InChI is InChI=1S/C13H16N2O4/c1-2-5-11(16)15(13(14)19)8-9-6-3-4-7-10(9)12(17)18/h3-4,6-7H,2,5,8H2,1H3,(H2,14,19)(H,17,18). The van der Waals surface area contributed by atoms with E-state index in [0.717, 1.165) is 4.90 Å². The lowest BCUT2D eigenvalue weighted by Crippen LogP contribution is -2.40. The van der Waals surface area contributed by atoms with Gasteiger partial charge in [0.15, 0.2) is 0 Å². The molecule has 0 saturated carbocycles. The number of carboxylic acids is 1. The molecule has 0 aliphatic rings. The summed E-state index contributed by atoms with van der Waals surface area (Å²) in [6, 6.07) is 5.32. The van der Waals surface area contributed by atoms with E-state index in [1.165, 1.54) is 6.07 Å². The SMILES string of the molecule is CCCC(=O)N(Cc1ccccc1C(=O)O)C(N)=O. The lowest BCUT2D eigenvalue weighted by atomic mass is 10.1. The number of benzene rings is 1. The second-order valence-corrected chi connectivity index (χ2v) is 4.03. The Balaban J connectivity index is 3.00. The maximum Gasteiger partial charge on any atom is 0.336 e. The summed E-state index contributed by atoms with van der Waals surface area (Å²) in [5.74, 6) is -1.52. The van der Waals surface area contributed by atoms with Gasteiger partial charge in [-0.15, -0.1) is 0 Å². The van der Waals surface area contributed by atoms with Gasteiger partial charge in [0.2, 0.25) is 5.91 Å². The van der Waals surface area contributed by atoms with E-state index in [0.29, 0.717) is 12.0 Å². The number of nitrogens with two attached hydrogens (primary N) is 1. The van der Waals surface area contributed by atoms with Crippen molar-refractivity contribution in [3.63, 3.8) is 0 Å². The van der Waals surface area contributed by atoms with Crippen molar-refractivity contribution in [2.75, 3.05) is 0 Å². The zero-order valence-corrected chi connectivity index (χ0v) is 10.6. The summed E-state index contributed by atoms with van der Waals surface area (Å²) in [6.07, 6.45) is 0.779. The van der Waals surface area contributed by atoms with Crippen molar-refractivity contribution in [1.82, 2.24) is 4.90 Å². The van der Waals surface area contributed by atoms with Crippen LogP contribution in [0.3, 0.4) is 0 Å². The van der Waals surface area contributed by atoms with Crippen LogP contribution in [0.1, 0.15) is 35.7 Å². The second-order valence-electron chi connectivity index (χ2n) is 4.03. The molecule has 0 unspecified atom stereocenters. The topological polar surface area (TPSA) is 101 Å². The zero-order chi connectivity index (χ0) is 14.4.